The molecule has 3 aromatic carbocycles. The predicted octanol–water partition coefficient (Wildman–Crippen LogP) is 4.70. The van der Waals surface area contributed by atoms with Crippen LogP contribution in [0, 0.1) is 0 Å². The van der Waals surface area contributed by atoms with Crippen LogP contribution in [0.25, 0.3) is 0 Å². The summed E-state index contributed by atoms with van der Waals surface area (Å²) in [5.41, 5.74) is 3.36. The Kier molecular flexibility index (Phi) is 8.61. The lowest BCUT2D eigenvalue weighted by atomic mass is 10.2. The highest BCUT2D eigenvalue weighted by molar-refractivity contribution is 6.39. The third-order valence-electron chi connectivity index (χ3n) is 4.25. The molecule has 0 heterocycles. The molecule has 34 heavy (non-hydrogen) atoms. The molecular weight excluding hydrogens is 481 g/mol. The first-order valence-electron chi connectivity index (χ1n) is 10.00. The third kappa shape index (κ3) is 7.06. The van der Waals surface area contributed by atoms with E-state index in [4.69, 9.17) is 32.7 Å². The van der Waals surface area contributed by atoms with E-state index in [1.807, 2.05) is 6.92 Å². The Labute approximate surface area is 205 Å². The number of halogens is 2. The average Bonchev–Trinajstić information content (AvgIpc) is 2.81. The topological polar surface area (TPSA) is 106 Å². The molecule has 0 spiro atoms. The number of carbonyl (C=O) groups is 3. The molecule has 0 saturated heterocycles. The van der Waals surface area contributed by atoms with Crippen LogP contribution in [0.1, 0.15) is 22.8 Å². The number of hydrogen-bond donors (Lipinski definition) is 2. The molecule has 10 heteroatoms. The zero-order valence-electron chi connectivity index (χ0n) is 17.9. The SMILES string of the molecule is CCOc1ccc(NC(=O)C(=O)N/N=C\c2ccc(OC(=O)c3ccc(Cl)cc3Cl)cc2)cc1. The number of hydrogen-bond acceptors (Lipinski definition) is 6. The number of esters is 1. The molecule has 0 saturated carbocycles. The molecule has 3 rings (SSSR count). The summed E-state index contributed by atoms with van der Waals surface area (Å²) in [4.78, 5) is 36.2. The van der Waals surface area contributed by atoms with Crippen LogP contribution in [0.4, 0.5) is 5.69 Å². The first-order chi connectivity index (χ1) is 16.4. The van der Waals surface area contributed by atoms with E-state index in [0.29, 0.717) is 28.6 Å². The van der Waals surface area contributed by atoms with Gasteiger partial charge in [-0.15, -0.1) is 0 Å². The summed E-state index contributed by atoms with van der Waals surface area (Å²) >= 11 is 11.8. The minimum atomic E-state index is -0.935. The fraction of sp³-hybridized carbons (Fsp3) is 0.0833. The molecule has 0 bridgehead atoms. The first kappa shape index (κ1) is 24.8. The van der Waals surface area contributed by atoms with Crippen LogP contribution in [-0.4, -0.2) is 30.6 Å². The summed E-state index contributed by atoms with van der Waals surface area (Å²) in [6.07, 6.45) is 1.34. The number of nitrogens with zero attached hydrogens (tertiary/aromatic N) is 1. The van der Waals surface area contributed by atoms with Crippen molar-refractivity contribution < 1.29 is 23.9 Å². The van der Waals surface area contributed by atoms with E-state index in [2.05, 4.69) is 15.8 Å². The van der Waals surface area contributed by atoms with Crippen molar-refractivity contribution in [1.29, 1.82) is 0 Å². The molecule has 2 amide bonds. The molecular formula is C24H19Cl2N3O5. The van der Waals surface area contributed by atoms with Gasteiger partial charge >= 0.3 is 17.8 Å². The van der Waals surface area contributed by atoms with Gasteiger partial charge in [-0.2, -0.15) is 5.10 Å². The van der Waals surface area contributed by atoms with Gasteiger partial charge in [-0.05, 0) is 79.2 Å². The van der Waals surface area contributed by atoms with Crippen molar-refractivity contribution >= 4 is 52.9 Å². The number of ether oxygens (including phenoxy) is 2. The molecule has 8 nitrogen and oxygen atoms in total. The first-order valence-corrected chi connectivity index (χ1v) is 10.8. The van der Waals surface area contributed by atoms with Gasteiger partial charge in [0.15, 0.2) is 0 Å². The maximum Gasteiger partial charge on any atom is 0.345 e. The molecule has 0 aromatic heterocycles. The van der Waals surface area contributed by atoms with Gasteiger partial charge in [0.1, 0.15) is 11.5 Å². The van der Waals surface area contributed by atoms with E-state index in [1.165, 1.54) is 24.4 Å². The van der Waals surface area contributed by atoms with Crippen LogP contribution in [0.5, 0.6) is 11.5 Å². The molecule has 0 atom stereocenters. The van der Waals surface area contributed by atoms with Gasteiger partial charge in [-0.25, -0.2) is 10.2 Å². The summed E-state index contributed by atoms with van der Waals surface area (Å²) in [5, 5.41) is 6.81. The summed E-state index contributed by atoms with van der Waals surface area (Å²) < 4.78 is 10.6. The Bertz CT molecular complexity index is 1210. The van der Waals surface area contributed by atoms with E-state index in [1.54, 1.807) is 48.5 Å². The summed E-state index contributed by atoms with van der Waals surface area (Å²) in [6.45, 7) is 2.39. The Morgan fingerprint density at radius 3 is 2.24 bits per heavy atom. The molecule has 0 radical (unpaired) electrons. The highest BCUT2D eigenvalue weighted by Crippen LogP contribution is 2.23. The lowest BCUT2D eigenvalue weighted by molar-refractivity contribution is -0.136. The van der Waals surface area contributed by atoms with Crippen LogP contribution in [0.2, 0.25) is 10.0 Å². The molecule has 3 aromatic rings. The quantitative estimate of drug-likeness (QED) is 0.161. The number of hydrazone groups is 1. The van der Waals surface area contributed by atoms with E-state index in [9.17, 15) is 14.4 Å². The molecule has 2 N–H and O–H groups in total. The number of benzene rings is 3. The molecule has 0 aliphatic rings. The molecule has 0 aliphatic carbocycles. The molecule has 0 aliphatic heterocycles. The zero-order valence-corrected chi connectivity index (χ0v) is 19.4. The Hall–Kier alpha value is -3.88. The van der Waals surface area contributed by atoms with E-state index in [-0.39, 0.29) is 16.3 Å². The third-order valence-corrected chi connectivity index (χ3v) is 4.80. The van der Waals surface area contributed by atoms with Crippen LogP contribution < -0.4 is 20.2 Å². The second kappa shape index (κ2) is 11.8. The van der Waals surface area contributed by atoms with E-state index < -0.39 is 17.8 Å². The number of rotatable bonds is 7. The van der Waals surface area contributed by atoms with Crippen LogP contribution in [0.15, 0.2) is 71.8 Å². The number of carbonyl (C=O) groups excluding carboxylic acids is 3. The number of nitrogens with one attached hydrogen (secondary N) is 2. The van der Waals surface area contributed by atoms with Crippen LogP contribution >= 0.6 is 23.2 Å². The number of anilines is 1. The zero-order chi connectivity index (χ0) is 24.5. The van der Waals surface area contributed by atoms with Gasteiger partial charge in [0.2, 0.25) is 0 Å². The monoisotopic (exact) mass is 499 g/mol. The van der Waals surface area contributed by atoms with Crippen molar-refractivity contribution in [2.45, 2.75) is 6.92 Å². The Morgan fingerprint density at radius 1 is 0.912 bits per heavy atom. The summed E-state index contributed by atoms with van der Waals surface area (Å²) in [6, 6.07) is 17.4. The largest absolute Gasteiger partial charge is 0.494 e. The highest BCUT2D eigenvalue weighted by Gasteiger charge is 2.14. The smallest absolute Gasteiger partial charge is 0.345 e. The Balaban J connectivity index is 1.50. The van der Waals surface area contributed by atoms with Gasteiger partial charge in [0, 0.05) is 10.7 Å². The van der Waals surface area contributed by atoms with Crippen molar-refractivity contribution in [1.82, 2.24) is 5.43 Å². The lowest BCUT2D eigenvalue weighted by Crippen LogP contribution is -2.32. The van der Waals surface area contributed by atoms with Crippen LogP contribution in [0.3, 0.4) is 0 Å². The summed E-state index contributed by atoms with van der Waals surface area (Å²) in [7, 11) is 0. The summed E-state index contributed by atoms with van der Waals surface area (Å²) in [5.74, 6) is -1.50. The fourth-order valence-corrected chi connectivity index (χ4v) is 3.13. The maximum absolute atomic E-state index is 12.3. The second-order valence-corrected chi connectivity index (χ2v) is 7.54. The average molecular weight is 500 g/mol. The van der Waals surface area contributed by atoms with Gasteiger partial charge in [-0.1, -0.05) is 23.2 Å². The minimum Gasteiger partial charge on any atom is -0.494 e. The standard InChI is InChI=1S/C24H19Cl2N3O5/c1-2-33-18-10-6-17(7-11-18)28-22(30)23(31)29-27-14-15-3-8-19(9-4-15)34-24(32)20-12-5-16(25)13-21(20)26/h3-14H,2H2,1H3,(H,28,30)(H,29,31)/b27-14-. The van der Waals surface area contributed by atoms with Crippen molar-refractivity contribution in [2.24, 2.45) is 5.10 Å². The van der Waals surface area contributed by atoms with Crippen molar-refractivity contribution in [3.05, 3.63) is 87.9 Å². The van der Waals surface area contributed by atoms with Gasteiger partial charge in [0.05, 0.1) is 23.4 Å². The Morgan fingerprint density at radius 2 is 1.59 bits per heavy atom. The molecule has 174 valence electrons. The highest BCUT2D eigenvalue weighted by atomic mass is 35.5. The van der Waals surface area contributed by atoms with E-state index in [0.717, 1.165) is 0 Å². The predicted molar refractivity (Wildman–Crippen MR) is 130 cm³/mol. The normalized spacial score (nSPS) is 10.6. The van der Waals surface area contributed by atoms with Gasteiger partial charge in [0.25, 0.3) is 0 Å². The van der Waals surface area contributed by atoms with Crippen molar-refractivity contribution in [3.8, 4) is 11.5 Å². The molecule has 0 unspecified atom stereocenters. The van der Waals surface area contributed by atoms with Gasteiger partial charge in [-0.3, -0.25) is 9.59 Å². The van der Waals surface area contributed by atoms with Gasteiger partial charge < -0.3 is 14.8 Å². The maximum atomic E-state index is 12.3. The fourth-order valence-electron chi connectivity index (χ4n) is 2.64. The number of amides is 2. The van der Waals surface area contributed by atoms with E-state index >= 15 is 0 Å². The van der Waals surface area contributed by atoms with Crippen molar-refractivity contribution in [2.75, 3.05) is 11.9 Å². The van der Waals surface area contributed by atoms with Crippen molar-refractivity contribution in [3.63, 3.8) is 0 Å². The second-order valence-electron chi connectivity index (χ2n) is 6.69. The molecule has 0 fully saturated rings. The lowest BCUT2D eigenvalue weighted by Gasteiger charge is -2.07. The van der Waals surface area contributed by atoms with Crippen LogP contribution in [-0.2, 0) is 9.59 Å². The minimum absolute atomic E-state index is 0.183.